The van der Waals surface area contributed by atoms with Gasteiger partial charge in [0, 0.05) is 16.9 Å². The number of rotatable bonds is 1. The van der Waals surface area contributed by atoms with Crippen LogP contribution in [0.25, 0.3) is 10.9 Å². The van der Waals surface area contributed by atoms with Gasteiger partial charge in [-0.15, -0.1) is 0 Å². The SMILES string of the molecule is Cc1ccc2c(c1)cc(Br)n2C1CC1. The van der Waals surface area contributed by atoms with Gasteiger partial charge in [0.25, 0.3) is 0 Å². The molecule has 1 aromatic heterocycles. The van der Waals surface area contributed by atoms with E-state index >= 15 is 0 Å². The molecule has 1 aromatic carbocycles. The Morgan fingerprint density at radius 3 is 2.79 bits per heavy atom. The highest BCUT2D eigenvalue weighted by atomic mass is 79.9. The molecule has 1 aliphatic rings. The Morgan fingerprint density at radius 2 is 2.07 bits per heavy atom. The van der Waals surface area contributed by atoms with Crippen molar-refractivity contribution in [2.24, 2.45) is 0 Å². The molecule has 14 heavy (non-hydrogen) atoms. The zero-order valence-electron chi connectivity index (χ0n) is 8.13. The van der Waals surface area contributed by atoms with Gasteiger partial charge in [0.15, 0.2) is 0 Å². The maximum Gasteiger partial charge on any atom is 0.0860 e. The zero-order valence-corrected chi connectivity index (χ0v) is 9.71. The third-order valence-electron chi connectivity index (χ3n) is 2.86. The number of aryl methyl sites for hydroxylation is 1. The maximum atomic E-state index is 3.64. The number of aromatic nitrogens is 1. The number of hydrogen-bond donors (Lipinski definition) is 0. The fourth-order valence-corrected chi connectivity index (χ4v) is 2.75. The van der Waals surface area contributed by atoms with Crippen molar-refractivity contribution in [3.05, 3.63) is 34.4 Å². The fraction of sp³-hybridized carbons (Fsp3) is 0.333. The molecule has 0 N–H and O–H groups in total. The molecule has 72 valence electrons. The number of fused-ring (bicyclic) bond motifs is 1. The molecule has 1 heterocycles. The summed E-state index contributed by atoms with van der Waals surface area (Å²) in [5, 5.41) is 1.35. The van der Waals surface area contributed by atoms with E-state index in [1.165, 1.54) is 33.9 Å². The average Bonchev–Trinajstić information content (AvgIpc) is 2.89. The van der Waals surface area contributed by atoms with Gasteiger partial charge in [0.2, 0.25) is 0 Å². The van der Waals surface area contributed by atoms with Crippen LogP contribution in [-0.4, -0.2) is 4.57 Å². The van der Waals surface area contributed by atoms with E-state index in [1.807, 2.05) is 0 Å². The van der Waals surface area contributed by atoms with Gasteiger partial charge >= 0.3 is 0 Å². The lowest BCUT2D eigenvalue weighted by atomic mass is 10.2. The topological polar surface area (TPSA) is 4.93 Å². The third-order valence-corrected chi connectivity index (χ3v) is 3.47. The van der Waals surface area contributed by atoms with E-state index in [-0.39, 0.29) is 0 Å². The lowest BCUT2D eigenvalue weighted by Gasteiger charge is -2.04. The van der Waals surface area contributed by atoms with E-state index in [1.54, 1.807) is 0 Å². The summed E-state index contributed by atoms with van der Waals surface area (Å²) in [6.45, 7) is 2.14. The summed E-state index contributed by atoms with van der Waals surface area (Å²) in [5.74, 6) is 0. The van der Waals surface area contributed by atoms with Crippen molar-refractivity contribution >= 4 is 26.8 Å². The summed E-state index contributed by atoms with van der Waals surface area (Å²) in [5.41, 5.74) is 2.70. The molecule has 0 atom stereocenters. The molecule has 1 aliphatic carbocycles. The molecule has 0 saturated heterocycles. The second kappa shape index (κ2) is 2.86. The quantitative estimate of drug-likeness (QED) is 0.719. The first-order valence-electron chi connectivity index (χ1n) is 5.03. The second-order valence-corrected chi connectivity index (χ2v) is 4.94. The van der Waals surface area contributed by atoms with Crippen molar-refractivity contribution < 1.29 is 0 Å². The van der Waals surface area contributed by atoms with Gasteiger partial charge in [0.05, 0.1) is 4.60 Å². The molecule has 3 rings (SSSR count). The molecule has 0 unspecified atom stereocenters. The summed E-state index contributed by atoms with van der Waals surface area (Å²) >= 11 is 3.64. The predicted octanol–water partition coefficient (Wildman–Crippen LogP) is 4.05. The average molecular weight is 250 g/mol. The van der Waals surface area contributed by atoms with E-state index in [9.17, 15) is 0 Å². The molecular formula is C12H12BrN. The minimum atomic E-state index is 0.740. The van der Waals surface area contributed by atoms with Crippen molar-refractivity contribution in [1.29, 1.82) is 0 Å². The van der Waals surface area contributed by atoms with Crippen LogP contribution < -0.4 is 0 Å². The molecule has 1 fully saturated rings. The van der Waals surface area contributed by atoms with E-state index in [4.69, 9.17) is 0 Å². The number of benzene rings is 1. The summed E-state index contributed by atoms with van der Waals surface area (Å²) in [7, 11) is 0. The molecule has 0 bridgehead atoms. The molecule has 0 spiro atoms. The Balaban J connectivity index is 2.32. The number of halogens is 1. The lowest BCUT2D eigenvalue weighted by Crippen LogP contribution is -1.92. The summed E-state index contributed by atoms with van der Waals surface area (Å²) in [4.78, 5) is 0. The van der Waals surface area contributed by atoms with Crippen molar-refractivity contribution in [3.63, 3.8) is 0 Å². The van der Waals surface area contributed by atoms with E-state index in [0.29, 0.717) is 0 Å². The van der Waals surface area contributed by atoms with Crippen LogP contribution >= 0.6 is 15.9 Å². The monoisotopic (exact) mass is 249 g/mol. The van der Waals surface area contributed by atoms with Crippen molar-refractivity contribution in [2.75, 3.05) is 0 Å². The van der Waals surface area contributed by atoms with Crippen LogP contribution in [0.3, 0.4) is 0 Å². The van der Waals surface area contributed by atoms with Gasteiger partial charge in [-0.25, -0.2) is 0 Å². The predicted molar refractivity (Wildman–Crippen MR) is 62.6 cm³/mol. The Hall–Kier alpha value is -0.760. The Morgan fingerprint density at radius 1 is 1.29 bits per heavy atom. The first-order valence-corrected chi connectivity index (χ1v) is 5.82. The smallest absolute Gasteiger partial charge is 0.0860 e. The van der Waals surface area contributed by atoms with Crippen molar-refractivity contribution in [2.45, 2.75) is 25.8 Å². The second-order valence-electron chi connectivity index (χ2n) is 4.13. The lowest BCUT2D eigenvalue weighted by molar-refractivity contribution is 0.758. The highest BCUT2D eigenvalue weighted by molar-refractivity contribution is 9.10. The van der Waals surface area contributed by atoms with Gasteiger partial charge < -0.3 is 4.57 Å². The summed E-state index contributed by atoms with van der Waals surface area (Å²) < 4.78 is 3.63. The Labute approximate surface area is 91.9 Å². The number of hydrogen-bond acceptors (Lipinski definition) is 0. The fourth-order valence-electron chi connectivity index (χ4n) is 2.03. The maximum absolute atomic E-state index is 3.64. The minimum Gasteiger partial charge on any atom is -0.332 e. The molecule has 0 aliphatic heterocycles. The molecule has 0 amide bonds. The highest BCUT2D eigenvalue weighted by Crippen LogP contribution is 2.41. The Bertz CT molecular complexity index is 494. The Kier molecular flexibility index (Phi) is 1.75. The number of nitrogens with zero attached hydrogens (tertiary/aromatic N) is 1. The van der Waals surface area contributed by atoms with Gasteiger partial charge in [0.1, 0.15) is 0 Å². The molecular weight excluding hydrogens is 238 g/mol. The van der Waals surface area contributed by atoms with Gasteiger partial charge in [-0.1, -0.05) is 11.6 Å². The van der Waals surface area contributed by atoms with Gasteiger partial charge in [-0.05, 0) is 53.9 Å². The minimum absolute atomic E-state index is 0.740. The molecule has 2 aromatic rings. The largest absolute Gasteiger partial charge is 0.332 e. The molecule has 2 heteroatoms. The van der Waals surface area contributed by atoms with Gasteiger partial charge in [-0.2, -0.15) is 0 Å². The van der Waals surface area contributed by atoms with Crippen LogP contribution in [0.5, 0.6) is 0 Å². The first-order chi connectivity index (χ1) is 6.75. The van der Waals surface area contributed by atoms with E-state index in [0.717, 1.165) is 6.04 Å². The summed E-state index contributed by atoms with van der Waals surface area (Å²) in [6, 6.07) is 9.63. The first kappa shape index (κ1) is 8.54. The van der Waals surface area contributed by atoms with Crippen LogP contribution in [0, 0.1) is 6.92 Å². The van der Waals surface area contributed by atoms with Crippen molar-refractivity contribution in [3.8, 4) is 0 Å². The molecule has 1 nitrogen and oxygen atoms in total. The van der Waals surface area contributed by atoms with Crippen LogP contribution in [0.4, 0.5) is 0 Å². The van der Waals surface area contributed by atoms with Crippen LogP contribution in [0.15, 0.2) is 28.9 Å². The van der Waals surface area contributed by atoms with E-state index in [2.05, 4.69) is 51.7 Å². The molecule has 1 saturated carbocycles. The zero-order chi connectivity index (χ0) is 9.71. The third kappa shape index (κ3) is 1.21. The standard InChI is InChI=1S/C12H12BrN/c1-8-2-5-11-9(6-8)7-12(13)14(11)10-3-4-10/h2,5-7,10H,3-4H2,1H3. The van der Waals surface area contributed by atoms with E-state index < -0.39 is 0 Å². The van der Waals surface area contributed by atoms with Crippen LogP contribution in [0.2, 0.25) is 0 Å². The molecule has 0 radical (unpaired) electrons. The van der Waals surface area contributed by atoms with Crippen molar-refractivity contribution in [1.82, 2.24) is 4.57 Å². The van der Waals surface area contributed by atoms with Crippen LogP contribution in [-0.2, 0) is 0 Å². The van der Waals surface area contributed by atoms with Gasteiger partial charge in [-0.3, -0.25) is 0 Å². The normalized spacial score (nSPS) is 16.4. The summed E-state index contributed by atoms with van der Waals surface area (Å²) in [6.07, 6.45) is 2.66. The van der Waals surface area contributed by atoms with Crippen LogP contribution in [0.1, 0.15) is 24.4 Å². The highest BCUT2D eigenvalue weighted by Gasteiger charge is 2.26.